The minimum Gasteiger partial charge on any atom is -0.493 e. The third-order valence-corrected chi connectivity index (χ3v) is 3.40. The molecule has 0 heterocycles. The summed E-state index contributed by atoms with van der Waals surface area (Å²) in [6.45, 7) is 3.74. The number of nitrogens with two attached hydrogens (primary N) is 1. The van der Waals surface area contributed by atoms with Crippen LogP contribution in [0.25, 0.3) is 10.8 Å². The molecule has 2 N–H and O–H groups in total. The van der Waals surface area contributed by atoms with Gasteiger partial charge in [0.15, 0.2) is 0 Å². The van der Waals surface area contributed by atoms with Crippen molar-refractivity contribution in [2.24, 2.45) is 5.73 Å². The van der Waals surface area contributed by atoms with Crippen molar-refractivity contribution in [3.8, 4) is 5.75 Å². The largest absolute Gasteiger partial charge is 0.493 e. The van der Waals surface area contributed by atoms with E-state index in [9.17, 15) is 0 Å². The predicted octanol–water partition coefficient (Wildman–Crippen LogP) is 3.19. The van der Waals surface area contributed by atoms with Crippen molar-refractivity contribution in [1.29, 1.82) is 0 Å². The zero-order valence-corrected chi connectivity index (χ0v) is 12.6. The molecule has 0 fully saturated rings. The average Bonchev–Trinajstić information content (AvgIpc) is 2.42. The van der Waals surface area contributed by atoms with Crippen LogP contribution in [0.15, 0.2) is 36.4 Å². The van der Waals surface area contributed by atoms with E-state index in [1.807, 2.05) is 19.1 Å². The third-order valence-electron chi connectivity index (χ3n) is 3.40. The molecule has 2 aromatic carbocycles. The number of ether oxygens (including phenoxy) is 1. The molecule has 3 nitrogen and oxygen atoms in total. The van der Waals surface area contributed by atoms with Gasteiger partial charge in [-0.1, -0.05) is 36.4 Å². The zero-order chi connectivity index (χ0) is 14.5. The molecule has 0 aliphatic rings. The number of fused-ring (bicyclic) bond motifs is 1. The molecule has 0 radical (unpaired) electrons. The van der Waals surface area contributed by atoms with Gasteiger partial charge in [0.2, 0.25) is 0 Å². The Labute approximate surface area is 121 Å². The third kappa shape index (κ3) is 3.50. The first-order chi connectivity index (χ1) is 9.59. The standard InChI is InChI=1S/C17H24N2O/c1-13(18)15-10-9-14-7-4-5-8-16(14)17(15)20-12-6-11-19(2)3/h4-5,7-10,13H,6,11-12,18H2,1-3H3/t13-/m1/s1. The van der Waals surface area contributed by atoms with Gasteiger partial charge < -0.3 is 15.4 Å². The van der Waals surface area contributed by atoms with Crippen molar-refractivity contribution in [1.82, 2.24) is 4.90 Å². The fourth-order valence-corrected chi connectivity index (χ4v) is 2.33. The lowest BCUT2D eigenvalue weighted by Crippen LogP contribution is -2.16. The van der Waals surface area contributed by atoms with E-state index in [1.54, 1.807) is 0 Å². The summed E-state index contributed by atoms with van der Waals surface area (Å²) in [4.78, 5) is 2.17. The highest BCUT2D eigenvalue weighted by Crippen LogP contribution is 2.32. The maximum Gasteiger partial charge on any atom is 0.131 e. The lowest BCUT2D eigenvalue weighted by Gasteiger charge is -2.17. The number of nitrogens with zero attached hydrogens (tertiary/aromatic N) is 1. The van der Waals surface area contributed by atoms with Gasteiger partial charge >= 0.3 is 0 Å². The van der Waals surface area contributed by atoms with Gasteiger partial charge in [0, 0.05) is 23.5 Å². The van der Waals surface area contributed by atoms with Crippen molar-refractivity contribution >= 4 is 10.8 Å². The van der Waals surface area contributed by atoms with E-state index >= 15 is 0 Å². The minimum atomic E-state index is -0.0246. The lowest BCUT2D eigenvalue weighted by molar-refractivity contribution is 0.281. The molecule has 3 heteroatoms. The molecule has 0 aliphatic heterocycles. The van der Waals surface area contributed by atoms with Crippen LogP contribution in [-0.4, -0.2) is 32.1 Å². The Balaban J connectivity index is 2.25. The molecule has 0 unspecified atom stereocenters. The second kappa shape index (κ2) is 6.73. The number of hydrogen-bond acceptors (Lipinski definition) is 3. The molecular weight excluding hydrogens is 248 g/mol. The lowest BCUT2D eigenvalue weighted by atomic mass is 10.0. The van der Waals surface area contributed by atoms with Crippen LogP contribution in [0, 0.1) is 0 Å². The van der Waals surface area contributed by atoms with Crippen LogP contribution in [0.2, 0.25) is 0 Å². The quantitative estimate of drug-likeness (QED) is 0.821. The Morgan fingerprint density at radius 2 is 1.90 bits per heavy atom. The molecule has 1 atom stereocenters. The van der Waals surface area contributed by atoms with Gasteiger partial charge in [-0.3, -0.25) is 0 Å². The summed E-state index contributed by atoms with van der Waals surface area (Å²) in [6, 6.07) is 12.5. The minimum absolute atomic E-state index is 0.0246. The number of hydrogen-bond donors (Lipinski definition) is 1. The van der Waals surface area contributed by atoms with E-state index in [0.29, 0.717) is 6.61 Å². The van der Waals surface area contributed by atoms with Crippen LogP contribution in [-0.2, 0) is 0 Å². The molecule has 0 spiro atoms. The molecule has 2 aromatic rings. The Hall–Kier alpha value is -1.58. The second-order valence-corrected chi connectivity index (χ2v) is 5.50. The molecule has 0 saturated heterocycles. The average molecular weight is 272 g/mol. The van der Waals surface area contributed by atoms with Crippen LogP contribution < -0.4 is 10.5 Å². The summed E-state index contributed by atoms with van der Waals surface area (Å²) in [6.07, 6.45) is 1.01. The molecule has 20 heavy (non-hydrogen) atoms. The van der Waals surface area contributed by atoms with Crippen molar-refractivity contribution in [3.05, 3.63) is 42.0 Å². The Bertz CT molecular complexity index is 564. The Morgan fingerprint density at radius 1 is 1.15 bits per heavy atom. The fraction of sp³-hybridized carbons (Fsp3) is 0.412. The number of rotatable bonds is 6. The normalized spacial score (nSPS) is 12.8. The first kappa shape index (κ1) is 14.8. The first-order valence-corrected chi connectivity index (χ1v) is 7.14. The van der Waals surface area contributed by atoms with E-state index in [2.05, 4.69) is 43.3 Å². The summed E-state index contributed by atoms with van der Waals surface area (Å²) in [7, 11) is 4.15. The summed E-state index contributed by atoms with van der Waals surface area (Å²) in [5.41, 5.74) is 7.15. The van der Waals surface area contributed by atoms with Crippen LogP contribution in [0.5, 0.6) is 5.75 Å². The molecule has 0 saturated carbocycles. The summed E-state index contributed by atoms with van der Waals surface area (Å²) < 4.78 is 6.06. The highest BCUT2D eigenvalue weighted by molar-refractivity contribution is 5.89. The number of benzene rings is 2. The second-order valence-electron chi connectivity index (χ2n) is 5.50. The molecule has 0 aromatic heterocycles. The maximum atomic E-state index is 6.07. The fourth-order valence-electron chi connectivity index (χ4n) is 2.33. The van der Waals surface area contributed by atoms with Gasteiger partial charge in [-0.15, -0.1) is 0 Å². The van der Waals surface area contributed by atoms with Crippen molar-refractivity contribution in [2.45, 2.75) is 19.4 Å². The van der Waals surface area contributed by atoms with Crippen molar-refractivity contribution in [3.63, 3.8) is 0 Å². The molecule has 2 rings (SSSR count). The molecule has 108 valence electrons. The van der Waals surface area contributed by atoms with Gasteiger partial charge in [-0.05, 0) is 32.8 Å². The van der Waals surface area contributed by atoms with Gasteiger partial charge in [-0.2, -0.15) is 0 Å². The van der Waals surface area contributed by atoms with Crippen LogP contribution in [0.3, 0.4) is 0 Å². The van der Waals surface area contributed by atoms with Gasteiger partial charge in [0.1, 0.15) is 5.75 Å². The molecular formula is C17H24N2O. The van der Waals surface area contributed by atoms with Crippen LogP contribution in [0.4, 0.5) is 0 Å². The van der Waals surface area contributed by atoms with E-state index in [1.165, 1.54) is 5.39 Å². The summed E-state index contributed by atoms with van der Waals surface area (Å²) in [5, 5.41) is 2.34. The smallest absolute Gasteiger partial charge is 0.131 e. The summed E-state index contributed by atoms with van der Waals surface area (Å²) >= 11 is 0. The van der Waals surface area contributed by atoms with Gasteiger partial charge in [-0.25, -0.2) is 0 Å². The Morgan fingerprint density at radius 3 is 2.60 bits per heavy atom. The molecule has 0 bridgehead atoms. The molecule has 0 aliphatic carbocycles. The van der Waals surface area contributed by atoms with E-state index in [-0.39, 0.29) is 6.04 Å². The maximum absolute atomic E-state index is 6.07. The molecule has 0 amide bonds. The van der Waals surface area contributed by atoms with Crippen LogP contribution in [0.1, 0.15) is 24.9 Å². The van der Waals surface area contributed by atoms with Crippen molar-refractivity contribution < 1.29 is 4.74 Å². The van der Waals surface area contributed by atoms with Gasteiger partial charge in [0.25, 0.3) is 0 Å². The van der Waals surface area contributed by atoms with Crippen molar-refractivity contribution in [2.75, 3.05) is 27.2 Å². The topological polar surface area (TPSA) is 38.5 Å². The van der Waals surface area contributed by atoms with E-state index in [4.69, 9.17) is 10.5 Å². The van der Waals surface area contributed by atoms with Crippen LogP contribution >= 0.6 is 0 Å². The highest BCUT2D eigenvalue weighted by atomic mass is 16.5. The summed E-state index contributed by atoms with van der Waals surface area (Å²) in [5.74, 6) is 0.942. The predicted molar refractivity (Wildman–Crippen MR) is 85.2 cm³/mol. The van der Waals surface area contributed by atoms with Gasteiger partial charge in [0.05, 0.1) is 6.61 Å². The highest BCUT2D eigenvalue weighted by Gasteiger charge is 2.12. The first-order valence-electron chi connectivity index (χ1n) is 7.14. The monoisotopic (exact) mass is 272 g/mol. The SMILES string of the molecule is C[C@@H](N)c1ccc2ccccc2c1OCCCN(C)C. The van der Waals surface area contributed by atoms with E-state index in [0.717, 1.165) is 29.7 Å². The zero-order valence-electron chi connectivity index (χ0n) is 12.6. The Kier molecular flexibility index (Phi) is 4.99. The van der Waals surface area contributed by atoms with E-state index < -0.39 is 0 Å².